The van der Waals surface area contributed by atoms with Crippen molar-refractivity contribution in [2.45, 2.75) is 58.9 Å². The minimum Gasteiger partial charge on any atom is -0.497 e. The molecule has 4 N–H and O–H groups in total. The summed E-state index contributed by atoms with van der Waals surface area (Å²) >= 11 is 0. The Bertz CT molecular complexity index is 1590. The van der Waals surface area contributed by atoms with Gasteiger partial charge in [0.05, 0.1) is 43.2 Å². The quantitative estimate of drug-likeness (QED) is 0.0465. The summed E-state index contributed by atoms with van der Waals surface area (Å²) in [7, 11) is -3.11. The van der Waals surface area contributed by atoms with E-state index in [9.17, 15) is 33.5 Å². The Morgan fingerprint density at radius 2 is 1.71 bits per heavy atom. The monoisotopic (exact) mass is 687 g/mol. The van der Waals surface area contributed by atoms with Gasteiger partial charge in [-0.1, -0.05) is 33.1 Å². The second-order valence-electron chi connectivity index (χ2n) is 10.7. The van der Waals surface area contributed by atoms with Crippen LogP contribution in [0.15, 0.2) is 59.0 Å². The summed E-state index contributed by atoms with van der Waals surface area (Å²) in [5.41, 5.74) is 0.483. The van der Waals surface area contributed by atoms with Crippen molar-refractivity contribution >= 4 is 37.1 Å². The van der Waals surface area contributed by atoms with E-state index in [1.807, 2.05) is 6.92 Å². The van der Waals surface area contributed by atoms with Gasteiger partial charge >= 0.3 is 13.6 Å². The van der Waals surface area contributed by atoms with Gasteiger partial charge in [-0.3, -0.25) is 18.9 Å². The molecule has 48 heavy (non-hydrogen) atoms. The molecule has 1 aromatic heterocycles. The van der Waals surface area contributed by atoms with Crippen molar-refractivity contribution in [1.29, 1.82) is 0 Å². The molecular weight excluding hydrogens is 645 g/mol. The van der Waals surface area contributed by atoms with Crippen LogP contribution >= 0.6 is 7.60 Å². The van der Waals surface area contributed by atoms with Crippen molar-refractivity contribution in [1.82, 2.24) is 15.7 Å². The standard InChI is InChI=1S/C33H42N3O11P/c1-5-8-9-10-27(28(6-2)36(21-37)47-33(40)22-11-13-24(44-4)14-12-22)31(38)34-20-35-32(39)30-16-15-29(46-30)23-17-25(45-7-3)19-26(18-23)48(41,42)43/h11-19,21,27-28H,5-10,20H2,1-4H3,(H,34,38)(H,35,39)(H2,41,42,43). The average molecular weight is 688 g/mol. The molecule has 0 radical (unpaired) electrons. The highest BCUT2D eigenvalue weighted by Gasteiger charge is 2.33. The maximum atomic E-state index is 13.4. The summed E-state index contributed by atoms with van der Waals surface area (Å²) in [5.74, 6) is -1.82. The maximum absolute atomic E-state index is 13.4. The number of furan rings is 1. The van der Waals surface area contributed by atoms with Crippen LogP contribution in [0.3, 0.4) is 0 Å². The average Bonchev–Trinajstić information content (AvgIpc) is 3.57. The first-order valence-electron chi connectivity index (χ1n) is 15.6. The molecule has 0 aliphatic carbocycles. The van der Waals surface area contributed by atoms with Crippen LogP contribution in [0.25, 0.3) is 11.3 Å². The fourth-order valence-corrected chi connectivity index (χ4v) is 5.59. The van der Waals surface area contributed by atoms with Gasteiger partial charge in [-0.2, -0.15) is 5.06 Å². The van der Waals surface area contributed by atoms with E-state index in [-0.39, 0.29) is 41.4 Å². The third-order valence-corrected chi connectivity index (χ3v) is 8.38. The lowest BCUT2D eigenvalue weighted by molar-refractivity contribution is -0.171. The van der Waals surface area contributed by atoms with Gasteiger partial charge in [0, 0.05) is 5.56 Å². The number of hydrogen-bond acceptors (Lipinski definition) is 9. The number of carbonyl (C=O) groups is 4. The van der Waals surface area contributed by atoms with Crippen LogP contribution in [0.2, 0.25) is 0 Å². The fraction of sp³-hybridized carbons (Fsp3) is 0.394. The Labute approximate surface area is 278 Å². The van der Waals surface area contributed by atoms with Crippen LogP contribution in [-0.4, -0.2) is 65.5 Å². The summed E-state index contributed by atoms with van der Waals surface area (Å²) in [6, 6.07) is 12.3. The van der Waals surface area contributed by atoms with E-state index in [1.165, 1.54) is 49.6 Å². The molecule has 14 nitrogen and oxygen atoms in total. The molecular formula is C33H42N3O11P. The molecule has 0 spiro atoms. The second-order valence-corrected chi connectivity index (χ2v) is 12.3. The van der Waals surface area contributed by atoms with Crippen LogP contribution in [-0.2, 0) is 19.0 Å². The molecule has 3 aromatic rings. The highest BCUT2D eigenvalue weighted by molar-refractivity contribution is 7.60. The zero-order valence-electron chi connectivity index (χ0n) is 27.3. The summed E-state index contributed by atoms with van der Waals surface area (Å²) in [6.45, 7) is 5.50. The number of rotatable bonds is 19. The first kappa shape index (κ1) is 37.8. The van der Waals surface area contributed by atoms with Crippen molar-refractivity contribution in [2.75, 3.05) is 20.4 Å². The Hall–Kier alpha value is -4.65. The Morgan fingerprint density at radius 3 is 2.31 bits per heavy atom. The van der Waals surface area contributed by atoms with Gasteiger partial charge in [-0.25, -0.2) is 4.79 Å². The Kier molecular flexibility index (Phi) is 14.2. The first-order chi connectivity index (χ1) is 22.9. The summed E-state index contributed by atoms with van der Waals surface area (Å²) < 4.78 is 28.1. The molecule has 1 heterocycles. The van der Waals surface area contributed by atoms with Crippen LogP contribution in [0.1, 0.15) is 73.8 Å². The van der Waals surface area contributed by atoms with Crippen molar-refractivity contribution in [3.8, 4) is 22.8 Å². The van der Waals surface area contributed by atoms with E-state index in [1.54, 1.807) is 26.0 Å². The molecule has 3 amide bonds. The van der Waals surface area contributed by atoms with E-state index in [0.29, 0.717) is 37.0 Å². The highest BCUT2D eigenvalue weighted by atomic mass is 31.2. The molecule has 2 aromatic carbocycles. The normalized spacial score (nSPS) is 12.4. The topological polar surface area (TPSA) is 194 Å². The third kappa shape index (κ3) is 10.4. The predicted octanol–water partition coefficient (Wildman–Crippen LogP) is 4.17. The molecule has 260 valence electrons. The van der Waals surface area contributed by atoms with E-state index < -0.39 is 37.3 Å². The number of amides is 3. The van der Waals surface area contributed by atoms with Crippen molar-refractivity contribution in [3.05, 3.63) is 65.9 Å². The molecule has 15 heteroatoms. The lowest BCUT2D eigenvalue weighted by Gasteiger charge is -2.31. The Balaban J connectivity index is 1.69. The fourth-order valence-electron chi connectivity index (χ4n) is 4.99. The predicted molar refractivity (Wildman–Crippen MR) is 175 cm³/mol. The number of nitrogens with zero attached hydrogens (tertiary/aromatic N) is 1. The molecule has 0 bridgehead atoms. The molecule has 2 atom stereocenters. The molecule has 0 saturated carbocycles. The highest BCUT2D eigenvalue weighted by Crippen LogP contribution is 2.37. The number of hydroxylamine groups is 2. The van der Waals surface area contributed by atoms with E-state index in [4.69, 9.17) is 18.7 Å². The van der Waals surface area contributed by atoms with Gasteiger partial charge in [0.1, 0.15) is 17.3 Å². The minimum absolute atomic E-state index is 0.109. The van der Waals surface area contributed by atoms with E-state index in [0.717, 1.165) is 17.9 Å². The number of carbonyl (C=O) groups excluding carboxylic acids is 4. The largest absolute Gasteiger partial charge is 0.497 e. The van der Waals surface area contributed by atoms with Gasteiger partial charge in [-0.15, -0.1) is 0 Å². The van der Waals surface area contributed by atoms with Gasteiger partial charge < -0.3 is 39.1 Å². The molecule has 0 aliphatic rings. The number of unbranched alkanes of at least 4 members (excludes halogenated alkanes) is 2. The SMILES string of the molecule is CCCCCC(C(=O)NCNC(=O)c1ccc(-c2cc(OCC)cc(P(=O)(O)O)c2)o1)C(CC)N(C=O)OC(=O)c1ccc(OC)cc1. The van der Waals surface area contributed by atoms with Crippen molar-refractivity contribution < 1.29 is 52.3 Å². The molecule has 0 aliphatic heterocycles. The van der Waals surface area contributed by atoms with Gasteiger partial charge in [0.25, 0.3) is 5.91 Å². The number of ether oxygens (including phenoxy) is 2. The number of hydrogen-bond donors (Lipinski definition) is 4. The summed E-state index contributed by atoms with van der Waals surface area (Å²) in [5, 5.41) is 5.83. The molecule has 3 rings (SSSR count). The zero-order chi connectivity index (χ0) is 35.3. The third-order valence-electron chi connectivity index (χ3n) is 7.45. The second kappa shape index (κ2) is 18.0. The maximum Gasteiger partial charge on any atom is 0.363 e. The van der Waals surface area contributed by atoms with Crippen LogP contribution in [0.4, 0.5) is 0 Å². The zero-order valence-corrected chi connectivity index (χ0v) is 28.2. The lowest BCUT2D eigenvalue weighted by atomic mass is 9.90. The number of nitrogens with one attached hydrogen (secondary N) is 2. The van der Waals surface area contributed by atoms with Crippen LogP contribution < -0.4 is 25.4 Å². The summed E-state index contributed by atoms with van der Waals surface area (Å²) in [4.78, 5) is 75.9. The molecule has 0 fully saturated rings. The van der Waals surface area contributed by atoms with Crippen molar-refractivity contribution in [3.63, 3.8) is 0 Å². The van der Waals surface area contributed by atoms with E-state index in [2.05, 4.69) is 10.6 Å². The Morgan fingerprint density at radius 1 is 0.979 bits per heavy atom. The number of benzene rings is 2. The van der Waals surface area contributed by atoms with E-state index >= 15 is 0 Å². The summed E-state index contributed by atoms with van der Waals surface area (Å²) in [6.07, 6.45) is 3.49. The smallest absolute Gasteiger partial charge is 0.363 e. The van der Waals surface area contributed by atoms with Crippen LogP contribution in [0.5, 0.6) is 11.5 Å². The minimum atomic E-state index is -4.60. The lowest BCUT2D eigenvalue weighted by Crippen LogP contribution is -2.49. The van der Waals surface area contributed by atoms with Gasteiger partial charge in [0.2, 0.25) is 12.3 Å². The van der Waals surface area contributed by atoms with Crippen molar-refractivity contribution in [2.24, 2.45) is 5.92 Å². The molecule has 0 saturated heterocycles. The first-order valence-corrected chi connectivity index (χ1v) is 17.2. The van der Waals surface area contributed by atoms with Crippen LogP contribution in [0, 0.1) is 5.92 Å². The van der Waals surface area contributed by atoms with Gasteiger partial charge in [0.15, 0.2) is 5.76 Å². The number of methoxy groups -OCH3 is 1. The molecule has 2 unspecified atom stereocenters. The van der Waals surface area contributed by atoms with Gasteiger partial charge in [-0.05, 0) is 74.4 Å².